The molecule has 0 heterocycles. The van der Waals surface area contributed by atoms with Gasteiger partial charge in [0.05, 0.1) is 0 Å². The number of hydrogen-bond acceptors (Lipinski definition) is 3. The molecule has 2 unspecified atom stereocenters. The Balaban J connectivity index is 2.71. The van der Waals surface area contributed by atoms with Gasteiger partial charge in [0.2, 0.25) is 11.4 Å². The number of hydrogen-bond donors (Lipinski definition) is 0. The van der Waals surface area contributed by atoms with Gasteiger partial charge in [-0.25, -0.2) is 4.79 Å². The van der Waals surface area contributed by atoms with E-state index in [2.05, 4.69) is 13.5 Å². The number of Topliss-reactive ketones (excluding diaryl/α,β-unsaturated/α-hetero) is 1. The number of ether oxygens (including phenoxy) is 1. The Hall–Kier alpha value is -2.68. The first-order valence-electron chi connectivity index (χ1n) is 10.0. The summed E-state index contributed by atoms with van der Waals surface area (Å²) in [6.45, 7) is 9.50. The SMILES string of the molecule is C=C(C)C(=O)OC(C(=O)c1ccccc1)(c1ccccc1)C(CC)CCCC. The highest BCUT2D eigenvalue weighted by molar-refractivity contribution is 6.05. The van der Waals surface area contributed by atoms with E-state index in [0.717, 1.165) is 25.7 Å². The summed E-state index contributed by atoms with van der Waals surface area (Å²) in [4.78, 5) is 26.6. The summed E-state index contributed by atoms with van der Waals surface area (Å²) >= 11 is 0. The Labute approximate surface area is 168 Å². The summed E-state index contributed by atoms with van der Waals surface area (Å²) < 4.78 is 6.06. The highest BCUT2D eigenvalue weighted by Crippen LogP contribution is 2.42. The summed E-state index contributed by atoms with van der Waals surface area (Å²) in [7, 11) is 0. The van der Waals surface area contributed by atoms with Crippen LogP contribution in [0.5, 0.6) is 0 Å². The van der Waals surface area contributed by atoms with Gasteiger partial charge in [0.25, 0.3) is 0 Å². The van der Waals surface area contributed by atoms with Gasteiger partial charge in [-0.15, -0.1) is 0 Å². The summed E-state index contributed by atoms with van der Waals surface area (Å²) in [6, 6.07) is 18.5. The van der Waals surface area contributed by atoms with Crippen molar-refractivity contribution in [3.05, 3.63) is 83.9 Å². The zero-order valence-electron chi connectivity index (χ0n) is 17.1. The minimum atomic E-state index is -1.37. The van der Waals surface area contributed by atoms with E-state index in [0.29, 0.717) is 11.1 Å². The van der Waals surface area contributed by atoms with Crippen LogP contribution in [0, 0.1) is 5.92 Å². The fourth-order valence-electron chi connectivity index (χ4n) is 3.61. The van der Waals surface area contributed by atoms with Crippen LogP contribution in [0.2, 0.25) is 0 Å². The van der Waals surface area contributed by atoms with Gasteiger partial charge >= 0.3 is 5.97 Å². The lowest BCUT2D eigenvalue weighted by Crippen LogP contribution is -2.47. The Morgan fingerprint density at radius 1 is 1.00 bits per heavy atom. The maximum Gasteiger partial charge on any atom is 0.334 e. The maximum absolute atomic E-state index is 13.9. The Kier molecular flexibility index (Phi) is 7.74. The molecule has 148 valence electrons. The minimum absolute atomic E-state index is 0.133. The zero-order chi connectivity index (χ0) is 20.6. The van der Waals surface area contributed by atoms with E-state index in [-0.39, 0.29) is 17.3 Å². The Morgan fingerprint density at radius 3 is 2.07 bits per heavy atom. The lowest BCUT2D eigenvalue weighted by Gasteiger charge is -2.39. The second kappa shape index (κ2) is 10.0. The van der Waals surface area contributed by atoms with Crippen molar-refractivity contribution in [3.63, 3.8) is 0 Å². The molecule has 2 rings (SSSR count). The normalized spacial score (nSPS) is 14.0. The van der Waals surface area contributed by atoms with Crippen LogP contribution in [0.15, 0.2) is 72.8 Å². The number of ketones is 1. The van der Waals surface area contributed by atoms with Gasteiger partial charge in [-0.05, 0) is 19.8 Å². The number of carbonyl (C=O) groups is 2. The number of esters is 1. The van der Waals surface area contributed by atoms with Crippen molar-refractivity contribution < 1.29 is 14.3 Å². The first-order valence-corrected chi connectivity index (χ1v) is 10.0. The van der Waals surface area contributed by atoms with Crippen LogP contribution in [0.4, 0.5) is 0 Å². The average Bonchev–Trinajstić information content (AvgIpc) is 2.73. The first-order chi connectivity index (χ1) is 13.5. The third-order valence-electron chi connectivity index (χ3n) is 5.15. The van der Waals surface area contributed by atoms with Gasteiger partial charge in [-0.2, -0.15) is 0 Å². The molecule has 28 heavy (non-hydrogen) atoms. The first kappa shape index (κ1) is 21.6. The van der Waals surface area contributed by atoms with E-state index in [9.17, 15) is 9.59 Å². The standard InChI is InChI=1S/C25H30O3/c1-5-7-16-21(6-2)25(28-24(27)19(3)4,22-17-12-9-13-18-22)23(26)20-14-10-8-11-15-20/h8-15,17-18,21H,3,5-7,16H2,1-2,4H3. The predicted octanol–water partition coefficient (Wildman–Crippen LogP) is 6.10. The monoisotopic (exact) mass is 378 g/mol. The summed E-state index contributed by atoms with van der Waals surface area (Å²) in [5.41, 5.74) is 0.159. The molecule has 2 aromatic rings. The third kappa shape index (κ3) is 4.59. The third-order valence-corrected chi connectivity index (χ3v) is 5.15. The molecule has 3 nitrogen and oxygen atoms in total. The quantitative estimate of drug-likeness (QED) is 0.285. The molecule has 0 saturated carbocycles. The van der Waals surface area contributed by atoms with Crippen LogP contribution in [0.3, 0.4) is 0 Å². The Morgan fingerprint density at radius 2 is 1.57 bits per heavy atom. The predicted molar refractivity (Wildman–Crippen MR) is 113 cm³/mol. The van der Waals surface area contributed by atoms with Crippen molar-refractivity contribution in [2.24, 2.45) is 5.92 Å². The molecule has 2 atom stereocenters. The molecule has 0 aromatic heterocycles. The van der Waals surface area contributed by atoms with Crippen LogP contribution in [-0.2, 0) is 15.1 Å². The molecule has 0 N–H and O–H groups in total. The second-order valence-electron chi connectivity index (χ2n) is 7.21. The highest BCUT2D eigenvalue weighted by atomic mass is 16.6. The molecule has 0 fully saturated rings. The van der Waals surface area contributed by atoms with Crippen LogP contribution in [-0.4, -0.2) is 11.8 Å². The molecule has 3 heteroatoms. The lowest BCUT2D eigenvalue weighted by atomic mass is 9.72. The number of carbonyl (C=O) groups excluding carboxylic acids is 2. The molecule has 0 saturated heterocycles. The topological polar surface area (TPSA) is 43.4 Å². The maximum atomic E-state index is 13.9. The molecular weight excluding hydrogens is 348 g/mol. The fourth-order valence-corrected chi connectivity index (χ4v) is 3.61. The summed E-state index contributed by atoms with van der Waals surface area (Å²) in [5, 5.41) is 0. The van der Waals surface area contributed by atoms with Gasteiger partial charge in [0, 0.05) is 22.6 Å². The molecule has 0 radical (unpaired) electrons. The lowest BCUT2D eigenvalue weighted by molar-refractivity contribution is -0.157. The van der Waals surface area contributed by atoms with Gasteiger partial charge in [-0.1, -0.05) is 93.9 Å². The summed E-state index contributed by atoms with van der Waals surface area (Å²) in [6.07, 6.45) is 3.48. The van der Waals surface area contributed by atoms with E-state index in [1.54, 1.807) is 19.1 Å². The average molecular weight is 379 g/mol. The molecule has 0 amide bonds. The van der Waals surface area contributed by atoms with Crippen LogP contribution < -0.4 is 0 Å². The number of unbranched alkanes of at least 4 members (excludes halogenated alkanes) is 1. The van der Waals surface area contributed by atoms with E-state index >= 15 is 0 Å². The smallest absolute Gasteiger partial charge is 0.334 e. The van der Waals surface area contributed by atoms with Gasteiger partial charge in [0.1, 0.15) is 0 Å². The van der Waals surface area contributed by atoms with E-state index < -0.39 is 11.6 Å². The van der Waals surface area contributed by atoms with E-state index in [1.165, 1.54) is 0 Å². The molecule has 0 aliphatic rings. The van der Waals surface area contributed by atoms with Crippen LogP contribution in [0.1, 0.15) is 62.4 Å². The van der Waals surface area contributed by atoms with E-state index in [4.69, 9.17) is 4.74 Å². The zero-order valence-corrected chi connectivity index (χ0v) is 17.1. The molecule has 0 aliphatic heterocycles. The van der Waals surface area contributed by atoms with Crippen molar-refractivity contribution in [2.45, 2.75) is 52.1 Å². The van der Waals surface area contributed by atoms with Crippen molar-refractivity contribution in [3.8, 4) is 0 Å². The largest absolute Gasteiger partial charge is 0.442 e. The molecule has 0 aliphatic carbocycles. The molecule has 0 spiro atoms. The summed E-state index contributed by atoms with van der Waals surface area (Å²) in [5.74, 6) is -0.856. The molecular formula is C25H30O3. The van der Waals surface area contributed by atoms with Crippen LogP contribution in [0.25, 0.3) is 0 Å². The van der Waals surface area contributed by atoms with Crippen molar-refractivity contribution in [1.82, 2.24) is 0 Å². The Bertz CT molecular complexity index is 795. The minimum Gasteiger partial charge on any atom is -0.442 e. The fraction of sp³-hybridized carbons (Fsp3) is 0.360. The van der Waals surface area contributed by atoms with Crippen LogP contribution >= 0.6 is 0 Å². The van der Waals surface area contributed by atoms with Crippen molar-refractivity contribution >= 4 is 11.8 Å². The second-order valence-corrected chi connectivity index (χ2v) is 7.21. The number of benzene rings is 2. The molecule has 2 aromatic carbocycles. The molecule has 0 bridgehead atoms. The van der Waals surface area contributed by atoms with Crippen molar-refractivity contribution in [1.29, 1.82) is 0 Å². The van der Waals surface area contributed by atoms with Gasteiger partial charge in [0.15, 0.2) is 0 Å². The van der Waals surface area contributed by atoms with Gasteiger partial charge in [-0.3, -0.25) is 4.79 Å². The van der Waals surface area contributed by atoms with Gasteiger partial charge < -0.3 is 4.74 Å². The van der Waals surface area contributed by atoms with E-state index in [1.807, 2.05) is 55.5 Å². The number of rotatable bonds is 10. The van der Waals surface area contributed by atoms with Crippen molar-refractivity contribution in [2.75, 3.05) is 0 Å². The highest BCUT2D eigenvalue weighted by Gasteiger charge is 2.50.